The molecule has 0 saturated heterocycles. The van der Waals surface area contributed by atoms with Gasteiger partial charge in [0, 0.05) is 5.41 Å². The van der Waals surface area contributed by atoms with E-state index in [0.717, 1.165) is 0 Å². The summed E-state index contributed by atoms with van der Waals surface area (Å²) in [6.07, 6.45) is 1.42. The van der Waals surface area contributed by atoms with E-state index in [9.17, 15) is 4.79 Å². The molecule has 6 heteroatoms. The lowest BCUT2D eigenvalue weighted by Gasteiger charge is -2.26. The van der Waals surface area contributed by atoms with Crippen LogP contribution in [-0.4, -0.2) is 18.7 Å². The van der Waals surface area contributed by atoms with Gasteiger partial charge in [-0.05, 0) is 51.3 Å². The molecule has 0 atom stereocenters. The summed E-state index contributed by atoms with van der Waals surface area (Å²) in [7, 11) is 0. The van der Waals surface area contributed by atoms with Crippen molar-refractivity contribution in [3.8, 4) is 5.75 Å². The van der Waals surface area contributed by atoms with E-state index in [-0.39, 0.29) is 17.9 Å². The fourth-order valence-corrected chi connectivity index (χ4v) is 3.06. The van der Waals surface area contributed by atoms with Gasteiger partial charge in [-0.1, -0.05) is 56.3 Å². The number of rotatable bonds is 7. The van der Waals surface area contributed by atoms with Crippen LogP contribution in [0.2, 0.25) is 0 Å². The molecule has 0 saturated carbocycles. The molecule has 3 rings (SSSR count). The van der Waals surface area contributed by atoms with Crippen LogP contribution in [0.3, 0.4) is 0 Å². The number of hydrogen-bond donors (Lipinski definition) is 1. The van der Waals surface area contributed by atoms with Gasteiger partial charge in [-0.2, -0.15) is 5.10 Å². The predicted molar refractivity (Wildman–Crippen MR) is 113 cm³/mol. The third kappa shape index (κ3) is 5.10. The van der Waals surface area contributed by atoms with E-state index in [1.807, 2.05) is 42.5 Å². The van der Waals surface area contributed by atoms with Gasteiger partial charge in [-0.3, -0.25) is 4.79 Å². The van der Waals surface area contributed by atoms with E-state index in [4.69, 9.17) is 9.15 Å². The van der Waals surface area contributed by atoms with Gasteiger partial charge in [0.15, 0.2) is 11.3 Å². The van der Waals surface area contributed by atoms with Gasteiger partial charge >= 0.3 is 0 Å². The summed E-state index contributed by atoms with van der Waals surface area (Å²) in [6.45, 7) is 4.24. The number of carbonyl (C=O) groups excluding carboxylic acids is 1. The van der Waals surface area contributed by atoms with Gasteiger partial charge in [0.1, 0.15) is 11.5 Å². The Hall–Kier alpha value is -2.86. The van der Waals surface area contributed by atoms with Crippen molar-refractivity contribution >= 4 is 28.1 Å². The molecule has 0 fully saturated rings. The Kier molecular flexibility index (Phi) is 6.31. The Morgan fingerprint density at radius 1 is 1.07 bits per heavy atom. The molecule has 28 heavy (non-hydrogen) atoms. The Labute approximate surface area is 172 Å². The Balaban J connectivity index is 1.53. The highest BCUT2D eigenvalue weighted by Crippen LogP contribution is 2.32. The van der Waals surface area contributed by atoms with Crippen molar-refractivity contribution in [2.24, 2.45) is 5.10 Å². The number of amides is 1. The monoisotopic (exact) mass is 440 g/mol. The van der Waals surface area contributed by atoms with Crippen molar-refractivity contribution in [2.45, 2.75) is 19.3 Å². The van der Waals surface area contributed by atoms with Crippen LogP contribution in [0.4, 0.5) is 0 Å². The summed E-state index contributed by atoms with van der Waals surface area (Å²) in [4.78, 5) is 11.8. The predicted octanol–water partition coefficient (Wildman–Crippen LogP) is 4.90. The Bertz CT molecular complexity index is 947. The van der Waals surface area contributed by atoms with Gasteiger partial charge in [-0.25, -0.2) is 5.43 Å². The number of nitrogens with one attached hydrogen (secondary N) is 1. The van der Waals surface area contributed by atoms with Crippen molar-refractivity contribution in [3.63, 3.8) is 0 Å². The largest absolute Gasteiger partial charge is 0.484 e. The van der Waals surface area contributed by atoms with Gasteiger partial charge in [-0.15, -0.1) is 0 Å². The highest BCUT2D eigenvalue weighted by Gasteiger charge is 2.22. The number of carbonyl (C=O) groups is 1. The average molecular weight is 441 g/mol. The molecule has 0 unspecified atom stereocenters. The quantitative estimate of drug-likeness (QED) is 0.419. The van der Waals surface area contributed by atoms with Gasteiger partial charge in [0.2, 0.25) is 0 Å². The zero-order chi connectivity index (χ0) is 20.0. The first-order valence-corrected chi connectivity index (χ1v) is 9.60. The van der Waals surface area contributed by atoms with Gasteiger partial charge in [0.05, 0.1) is 6.21 Å². The number of hydrazone groups is 1. The Morgan fingerprint density at radius 3 is 2.39 bits per heavy atom. The summed E-state index contributed by atoms with van der Waals surface area (Å²) in [5.41, 5.74) is 4.69. The summed E-state index contributed by atoms with van der Waals surface area (Å²) in [5, 5.41) is 3.83. The van der Waals surface area contributed by atoms with E-state index in [2.05, 4.69) is 52.4 Å². The van der Waals surface area contributed by atoms with Crippen LogP contribution in [0.1, 0.15) is 30.7 Å². The number of halogens is 1. The molecule has 144 valence electrons. The molecule has 1 heterocycles. The normalized spacial score (nSPS) is 11.5. The molecule has 0 aliphatic rings. The van der Waals surface area contributed by atoms with E-state index in [0.29, 0.717) is 16.2 Å². The third-order valence-electron chi connectivity index (χ3n) is 4.42. The minimum Gasteiger partial charge on any atom is -0.484 e. The molecule has 0 aliphatic heterocycles. The first-order chi connectivity index (χ1) is 13.4. The topological polar surface area (TPSA) is 63.8 Å². The van der Waals surface area contributed by atoms with Crippen LogP contribution >= 0.6 is 15.9 Å². The molecule has 1 amide bonds. The minimum absolute atomic E-state index is 0.118. The highest BCUT2D eigenvalue weighted by molar-refractivity contribution is 9.10. The molecular formula is C22H21BrN2O3. The van der Waals surface area contributed by atoms with Crippen molar-refractivity contribution < 1.29 is 13.9 Å². The molecule has 0 aliphatic carbocycles. The zero-order valence-electron chi connectivity index (χ0n) is 15.7. The standard InChI is InChI=1S/C22H21BrN2O3/c1-22(2,16-6-4-3-5-7-16)17-8-10-18(11-9-17)27-15-21(26)25-24-14-19-12-13-20(23)28-19/h3-14H,15H2,1-2H3,(H,25,26)/b24-14+. The molecule has 2 aromatic carbocycles. The second-order valence-electron chi connectivity index (χ2n) is 6.74. The molecule has 1 aromatic heterocycles. The van der Waals surface area contributed by atoms with Crippen LogP contribution in [0.5, 0.6) is 5.75 Å². The summed E-state index contributed by atoms with van der Waals surface area (Å²) >= 11 is 3.20. The molecule has 3 aromatic rings. The smallest absolute Gasteiger partial charge is 0.277 e. The van der Waals surface area contributed by atoms with Crippen molar-refractivity contribution in [1.29, 1.82) is 0 Å². The average Bonchev–Trinajstić information content (AvgIpc) is 3.12. The first-order valence-electron chi connectivity index (χ1n) is 8.81. The number of nitrogens with zero attached hydrogens (tertiary/aromatic N) is 1. The van der Waals surface area contributed by atoms with Gasteiger partial charge in [0.25, 0.3) is 5.91 Å². The molecule has 0 spiro atoms. The van der Waals surface area contributed by atoms with Crippen molar-refractivity contribution in [1.82, 2.24) is 5.43 Å². The van der Waals surface area contributed by atoms with Crippen molar-refractivity contribution in [2.75, 3.05) is 6.61 Å². The number of hydrogen-bond acceptors (Lipinski definition) is 4. The minimum atomic E-state index is -0.351. The Morgan fingerprint density at radius 2 is 1.75 bits per heavy atom. The molecular weight excluding hydrogens is 420 g/mol. The number of furan rings is 1. The van der Waals surface area contributed by atoms with E-state index in [1.54, 1.807) is 12.1 Å². The SMILES string of the molecule is CC(C)(c1ccccc1)c1ccc(OCC(=O)N/N=C/c2ccc(Br)o2)cc1. The lowest BCUT2D eigenvalue weighted by molar-refractivity contribution is -0.123. The third-order valence-corrected chi connectivity index (χ3v) is 4.84. The number of benzene rings is 2. The maximum absolute atomic E-state index is 11.8. The van der Waals surface area contributed by atoms with Crippen molar-refractivity contribution in [3.05, 3.63) is 88.3 Å². The second-order valence-corrected chi connectivity index (χ2v) is 7.52. The summed E-state index contributed by atoms with van der Waals surface area (Å²) < 4.78 is 11.4. The molecule has 0 radical (unpaired) electrons. The van der Waals surface area contributed by atoms with Crippen LogP contribution in [0.25, 0.3) is 0 Å². The lowest BCUT2D eigenvalue weighted by atomic mass is 9.78. The summed E-state index contributed by atoms with van der Waals surface area (Å²) in [5.74, 6) is 0.807. The zero-order valence-corrected chi connectivity index (χ0v) is 17.3. The van der Waals surface area contributed by atoms with Crippen LogP contribution in [0.15, 0.2) is 80.9 Å². The lowest BCUT2D eigenvalue weighted by Crippen LogP contribution is -2.24. The van der Waals surface area contributed by atoms with Crippen LogP contribution < -0.4 is 10.2 Å². The molecule has 1 N–H and O–H groups in total. The summed E-state index contributed by atoms with van der Waals surface area (Å²) in [6, 6.07) is 21.6. The van der Waals surface area contributed by atoms with Crippen LogP contribution in [-0.2, 0) is 10.2 Å². The fourth-order valence-electron chi connectivity index (χ4n) is 2.74. The maximum Gasteiger partial charge on any atom is 0.277 e. The van der Waals surface area contributed by atoms with Gasteiger partial charge < -0.3 is 9.15 Å². The highest BCUT2D eigenvalue weighted by atomic mass is 79.9. The van der Waals surface area contributed by atoms with E-state index >= 15 is 0 Å². The first kappa shape index (κ1) is 19.9. The maximum atomic E-state index is 11.8. The van der Waals surface area contributed by atoms with E-state index in [1.165, 1.54) is 17.3 Å². The van der Waals surface area contributed by atoms with Crippen LogP contribution in [0, 0.1) is 0 Å². The second kappa shape index (κ2) is 8.89. The molecule has 5 nitrogen and oxygen atoms in total. The number of ether oxygens (including phenoxy) is 1. The molecule has 0 bridgehead atoms. The fraction of sp³-hybridized carbons (Fsp3) is 0.182. The van der Waals surface area contributed by atoms with E-state index < -0.39 is 0 Å².